The number of rotatable bonds is 4. The van der Waals surface area contributed by atoms with Crippen LogP contribution >= 0.6 is 15.9 Å². The molecule has 2 N–H and O–H groups in total. The van der Waals surface area contributed by atoms with Crippen molar-refractivity contribution in [2.75, 3.05) is 18.5 Å². The number of nitrogens with one attached hydrogen (secondary N) is 1. The summed E-state index contributed by atoms with van der Waals surface area (Å²) in [5.41, 5.74) is 0.964. The SMILES string of the molecule is Cc1nc(NCC(C)CO)ccc1Br. The number of hydrogen-bond acceptors (Lipinski definition) is 3. The highest BCUT2D eigenvalue weighted by atomic mass is 79.9. The fraction of sp³-hybridized carbons (Fsp3) is 0.500. The summed E-state index contributed by atoms with van der Waals surface area (Å²) in [5.74, 6) is 1.10. The van der Waals surface area contributed by atoms with Crippen molar-refractivity contribution in [3.8, 4) is 0 Å². The number of hydrogen-bond donors (Lipinski definition) is 2. The van der Waals surface area contributed by atoms with E-state index in [9.17, 15) is 0 Å². The Morgan fingerprint density at radius 3 is 2.86 bits per heavy atom. The summed E-state index contributed by atoms with van der Waals surface area (Å²) in [6, 6.07) is 3.88. The van der Waals surface area contributed by atoms with Crippen LogP contribution in [0, 0.1) is 12.8 Å². The standard InChI is InChI=1S/C10H15BrN2O/c1-7(6-14)5-12-10-4-3-9(11)8(2)13-10/h3-4,7,14H,5-6H2,1-2H3,(H,12,13). The Morgan fingerprint density at radius 1 is 1.57 bits per heavy atom. The van der Waals surface area contributed by atoms with Crippen molar-refractivity contribution in [1.82, 2.24) is 4.98 Å². The summed E-state index contributed by atoms with van der Waals surface area (Å²) < 4.78 is 1.01. The molecule has 1 atom stereocenters. The molecule has 0 spiro atoms. The number of anilines is 1. The molecule has 1 aromatic heterocycles. The summed E-state index contributed by atoms with van der Waals surface area (Å²) in [5, 5.41) is 12.0. The number of aromatic nitrogens is 1. The molecule has 1 aromatic rings. The third-order valence-corrected chi connectivity index (χ3v) is 2.80. The zero-order chi connectivity index (χ0) is 10.6. The number of pyridine rings is 1. The van der Waals surface area contributed by atoms with Gasteiger partial charge in [0.05, 0.1) is 5.69 Å². The highest BCUT2D eigenvalue weighted by molar-refractivity contribution is 9.10. The third kappa shape index (κ3) is 3.27. The van der Waals surface area contributed by atoms with Crippen LogP contribution in [0.1, 0.15) is 12.6 Å². The predicted octanol–water partition coefficient (Wildman–Crippen LogP) is 2.19. The number of aryl methyl sites for hydroxylation is 1. The lowest BCUT2D eigenvalue weighted by atomic mass is 10.2. The molecule has 1 rings (SSSR count). The Labute approximate surface area is 92.7 Å². The maximum Gasteiger partial charge on any atom is 0.126 e. The van der Waals surface area contributed by atoms with E-state index in [0.29, 0.717) is 0 Å². The van der Waals surface area contributed by atoms with E-state index in [2.05, 4.69) is 26.2 Å². The monoisotopic (exact) mass is 258 g/mol. The Kier molecular flexibility index (Phi) is 4.35. The smallest absolute Gasteiger partial charge is 0.126 e. The molecule has 1 heterocycles. The van der Waals surface area contributed by atoms with Gasteiger partial charge in [-0.1, -0.05) is 6.92 Å². The van der Waals surface area contributed by atoms with E-state index >= 15 is 0 Å². The molecule has 0 fully saturated rings. The van der Waals surface area contributed by atoms with Gasteiger partial charge >= 0.3 is 0 Å². The molecule has 0 aliphatic heterocycles. The van der Waals surface area contributed by atoms with Gasteiger partial charge in [-0.25, -0.2) is 4.98 Å². The van der Waals surface area contributed by atoms with Crippen LogP contribution in [0.4, 0.5) is 5.82 Å². The molecule has 3 nitrogen and oxygen atoms in total. The number of aliphatic hydroxyl groups is 1. The molecule has 1 unspecified atom stereocenters. The van der Waals surface area contributed by atoms with Crippen molar-refractivity contribution in [2.45, 2.75) is 13.8 Å². The Hall–Kier alpha value is -0.610. The Morgan fingerprint density at radius 2 is 2.29 bits per heavy atom. The fourth-order valence-electron chi connectivity index (χ4n) is 0.986. The number of aliphatic hydroxyl groups excluding tert-OH is 1. The summed E-state index contributed by atoms with van der Waals surface area (Å²) in [6.07, 6.45) is 0. The molecule has 0 bridgehead atoms. The van der Waals surface area contributed by atoms with Gasteiger partial charge in [0.15, 0.2) is 0 Å². The lowest BCUT2D eigenvalue weighted by molar-refractivity contribution is 0.244. The van der Waals surface area contributed by atoms with Crippen LogP contribution in [0.3, 0.4) is 0 Å². The van der Waals surface area contributed by atoms with Gasteiger partial charge in [0.1, 0.15) is 5.82 Å². The summed E-state index contributed by atoms with van der Waals surface area (Å²) in [4.78, 5) is 4.34. The molecule has 0 saturated heterocycles. The lowest BCUT2D eigenvalue weighted by Crippen LogP contribution is -2.15. The number of nitrogens with zero attached hydrogens (tertiary/aromatic N) is 1. The van der Waals surface area contributed by atoms with Crippen molar-refractivity contribution in [1.29, 1.82) is 0 Å². The second kappa shape index (κ2) is 5.32. The van der Waals surface area contributed by atoms with Gasteiger partial charge in [0.2, 0.25) is 0 Å². The molecule has 0 saturated carbocycles. The normalized spacial score (nSPS) is 12.6. The molecule has 14 heavy (non-hydrogen) atoms. The van der Waals surface area contributed by atoms with E-state index in [1.807, 2.05) is 26.0 Å². The van der Waals surface area contributed by atoms with Crippen LogP contribution in [0.2, 0.25) is 0 Å². The van der Waals surface area contributed by atoms with E-state index in [1.165, 1.54) is 0 Å². The lowest BCUT2D eigenvalue weighted by Gasteiger charge is -2.10. The molecule has 0 amide bonds. The first-order valence-electron chi connectivity index (χ1n) is 4.61. The van der Waals surface area contributed by atoms with Crippen molar-refractivity contribution in [3.05, 3.63) is 22.3 Å². The van der Waals surface area contributed by atoms with Gasteiger partial charge in [-0.15, -0.1) is 0 Å². The van der Waals surface area contributed by atoms with Gasteiger partial charge in [0, 0.05) is 17.6 Å². The zero-order valence-electron chi connectivity index (χ0n) is 8.42. The minimum Gasteiger partial charge on any atom is -0.396 e. The quantitative estimate of drug-likeness (QED) is 0.871. The first kappa shape index (κ1) is 11.5. The molecular weight excluding hydrogens is 244 g/mol. The maximum atomic E-state index is 8.84. The van der Waals surface area contributed by atoms with E-state index in [-0.39, 0.29) is 12.5 Å². The largest absolute Gasteiger partial charge is 0.396 e. The minimum absolute atomic E-state index is 0.197. The zero-order valence-corrected chi connectivity index (χ0v) is 10.0. The second-order valence-corrected chi connectivity index (χ2v) is 4.29. The molecule has 0 aromatic carbocycles. The minimum atomic E-state index is 0.197. The second-order valence-electron chi connectivity index (χ2n) is 3.43. The summed E-state index contributed by atoms with van der Waals surface area (Å²) in [6.45, 7) is 4.87. The van der Waals surface area contributed by atoms with Gasteiger partial charge < -0.3 is 10.4 Å². The predicted molar refractivity (Wildman–Crippen MR) is 61.4 cm³/mol. The van der Waals surface area contributed by atoms with Crippen LogP contribution in [0.5, 0.6) is 0 Å². The van der Waals surface area contributed by atoms with Gasteiger partial charge in [-0.3, -0.25) is 0 Å². The van der Waals surface area contributed by atoms with Crippen molar-refractivity contribution in [2.24, 2.45) is 5.92 Å². The molecular formula is C10H15BrN2O. The average molecular weight is 259 g/mol. The topological polar surface area (TPSA) is 45.2 Å². The first-order valence-corrected chi connectivity index (χ1v) is 5.40. The highest BCUT2D eigenvalue weighted by Gasteiger charge is 2.01. The van der Waals surface area contributed by atoms with Gasteiger partial charge in [0.25, 0.3) is 0 Å². The van der Waals surface area contributed by atoms with Crippen molar-refractivity contribution < 1.29 is 5.11 Å². The van der Waals surface area contributed by atoms with Gasteiger partial charge in [-0.05, 0) is 40.9 Å². The average Bonchev–Trinajstić information content (AvgIpc) is 2.19. The molecule has 0 aliphatic carbocycles. The first-order chi connectivity index (χ1) is 6.63. The summed E-state index contributed by atoms with van der Waals surface area (Å²) >= 11 is 3.39. The van der Waals surface area contributed by atoms with Crippen LogP contribution < -0.4 is 5.32 Å². The fourth-order valence-corrected chi connectivity index (χ4v) is 1.21. The van der Waals surface area contributed by atoms with E-state index in [1.54, 1.807) is 0 Å². The highest BCUT2D eigenvalue weighted by Crippen LogP contribution is 2.16. The van der Waals surface area contributed by atoms with Crippen LogP contribution in [0.15, 0.2) is 16.6 Å². The van der Waals surface area contributed by atoms with Crippen molar-refractivity contribution in [3.63, 3.8) is 0 Å². The molecule has 4 heteroatoms. The Bertz CT molecular complexity index is 304. The molecule has 78 valence electrons. The molecule has 0 radical (unpaired) electrons. The third-order valence-electron chi connectivity index (χ3n) is 1.96. The van der Waals surface area contributed by atoms with E-state index < -0.39 is 0 Å². The maximum absolute atomic E-state index is 8.84. The number of halogens is 1. The van der Waals surface area contributed by atoms with Crippen LogP contribution in [0.25, 0.3) is 0 Å². The van der Waals surface area contributed by atoms with Gasteiger partial charge in [-0.2, -0.15) is 0 Å². The van der Waals surface area contributed by atoms with Crippen LogP contribution in [-0.4, -0.2) is 23.2 Å². The molecule has 0 aliphatic rings. The van der Waals surface area contributed by atoms with E-state index in [4.69, 9.17) is 5.11 Å². The van der Waals surface area contributed by atoms with E-state index in [0.717, 1.165) is 22.5 Å². The summed E-state index contributed by atoms with van der Waals surface area (Å²) in [7, 11) is 0. The van der Waals surface area contributed by atoms with Crippen LogP contribution in [-0.2, 0) is 0 Å². The van der Waals surface area contributed by atoms with Crippen molar-refractivity contribution >= 4 is 21.7 Å². The Balaban J connectivity index is 2.55.